The zero-order valence-corrected chi connectivity index (χ0v) is 6.60. The van der Waals surface area contributed by atoms with Crippen LogP contribution in [0.5, 0.6) is 0 Å². The van der Waals surface area contributed by atoms with E-state index < -0.39 is 0 Å². The van der Waals surface area contributed by atoms with Gasteiger partial charge in [-0.25, -0.2) is 0 Å². The van der Waals surface area contributed by atoms with Crippen molar-refractivity contribution in [3.8, 4) is 12.0 Å². The van der Waals surface area contributed by atoms with Gasteiger partial charge in [0.2, 0.25) is 0 Å². The van der Waals surface area contributed by atoms with Gasteiger partial charge in [-0.3, -0.25) is 4.90 Å². The molecule has 0 aromatic heterocycles. The first-order valence-electron chi connectivity index (χ1n) is 2.93. The minimum Gasteiger partial charge on any atom is -0.339 e. The molecule has 0 aliphatic heterocycles. The van der Waals surface area contributed by atoms with Crippen LogP contribution in [0.25, 0.3) is 0 Å². The molecule has 52 valence electrons. The second-order valence-corrected chi connectivity index (χ2v) is 2.42. The van der Waals surface area contributed by atoms with Gasteiger partial charge < -0.3 is 4.90 Å². The van der Waals surface area contributed by atoms with E-state index in [2.05, 4.69) is 12.0 Å². The van der Waals surface area contributed by atoms with Crippen molar-refractivity contribution in [2.24, 2.45) is 0 Å². The third-order valence-corrected chi connectivity index (χ3v) is 0.698. The fourth-order valence-corrected chi connectivity index (χ4v) is 0.352. The number of hydrogen-bond donors (Lipinski definition) is 0. The molecule has 0 aliphatic carbocycles. The van der Waals surface area contributed by atoms with Crippen LogP contribution in [0.15, 0.2) is 0 Å². The highest BCUT2D eigenvalue weighted by atomic mass is 15.1. The van der Waals surface area contributed by atoms with Crippen molar-refractivity contribution in [1.82, 2.24) is 9.80 Å². The van der Waals surface area contributed by atoms with Crippen LogP contribution in [0.4, 0.5) is 0 Å². The highest BCUT2D eigenvalue weighted by molar-refractivity contribution is 4.98. The van der Waals surface area contributed by atoms with E-state index in [0.29, 0.717) is 0 Å². The monoisotopic (exact) mass is 126 g/mol. The summed E-state index contributed by atoms with van der Waals surface area (Å²) in [5.74, 6) is 2.99. The summed E-state index contributed by atoms with van der Waals surface area (Å²) in [6.07, 6.45) is 0. The normalized spacial score (nSPS) is 8.56. The number of rotatable bonds is 1. The molecule has 0 saturated carbocycles. The summed E-state index contributed by atoms with van der Waals surface area (Å²) in [5, 5.41) is 0. The molecule has 0 unspecified atom stereocenters. The Hall–Kier alpha value is -0.680. The Labute approximate surface area is 57.4 Å². The lowest BCUT2D eigenvalue weighted by molar-refractivity contribution is 0.462. The summed E-state index contributed by atoms with van der Waals surface area (Å²) < 4.78 is 0. The third-order valence-electron chi connectivity index (χ3n) is 0.698. The molecule has 0 heterocycles. The summed E-state index contributed by atoms with van der Waals surface area (Å²) in [7, 11) is 7.88. The van der Waals surface area contributed by atoms with Gasteiger partial charge in [0.05, 0.1) is 6.54 Å². The standard InChI is InChI=1S/C7H14N2/c1-8(2)6-5-7-9(3)4/h6H2,1-4H3. The van der Waals surface area contributed by atoms with Crippen LogP contribution < -0.4 is 0 Å². The Morgan fingerprint density at radius 2 is 1.67 bits per heavy atom. The fourth-order valence-electron chi connectivity index (χ4n) is 0.352. The predicted octanol–water partition coefficient (Wildman–Crippen LogP) is 0.0705. The maximum Gasteiger partial charge on any atom is 0.0615 e. The molecule has 0 atom stereocenters. The summed E-state index contributed by atoms with van der Waals surface area (Å²) in [6, 6.07) is 2.92. The van der Waals surface area contributed by atoms with Crippen LogP contribution >= 0.6 is 0 Å². The summed E-state index contributed by atoms with van der Waals surface area (Å²) in [6.45, 7) is 0.832. The maximum atomic E-state index is 2.99. The SMILES string of the molecule is CN(C)C#CCN(C)C. The minimum absolute atomic E-state index is 0.832. The molecule has 0 spiro atoms. The first-order valence-corrected chi connectivity index (χ1v) is 2.93. The number of nitrogens with zero attached hydrogens (tertiary/aromatic N) is 2. The van der Waals surface area contributed by atoms with Crippen molar-refractivity contribution < 1.29 is 0 Å². The van der Waals surface area contributed by atoms with Crippen LogP contribution in [0.2, 0.25) is 0 Å². The Morgan fingerprint density at radius 3 is 2.00 bits per heavy atom. The minimum atomic E-state index is 0.832. The highest BCUT2D eigenvalue weighted by Crippen LogP contribution is 1.70. The fraction of sp³-hybridized carbons (Fsp3) is 0.714. The average Bonchev–Trinajstić information content (AvgIpc) is 1.63. The topological polar surface area (TPSA) is 6.48 Å². The van der Waals surface area contributed by atoms with Crippen LogP contribution in [0.1, 0.15) is 0 Å². The molecular formula is C7H14N2. The van der Waals surface area contributed by atoms with E-state index in [1.807, 2.05) is 38.0 Å². The van der Waals surface area contributed by atoms with Gasteiger partial charge in [-0.1, -0.05) is 5.92 Å². The van der Waals surface area contributed by atoms with Crippen molar-refractivity contribution in [3.05, 3.63) is 0 Å². The smallest absolute Gasteiger partial charge is 0.0615 e. The van der Waals surface area contributed by atoms with E-state index in [1.54, 1.807) is 0 Å². The van der Waals surface area contributed by atoms with E-state index in [1.165, 1.54) is 0 Å². The number of hydrogen-bond acceptors (Lipinski definition) is 2. The zero-order valence-electron chi connectivity index (χ0n) is 6.60. The molecule has 0 radical (unpaired) electrons. The van der Waals surface area contributed by atoms with E-state index in [0.717, 1.165) is 6.54 Å². The predicted molar refractivity (Wildman–Crippen MR) is 40.0 cm³/mol. The molecule has 0 saturated heterocycles. The molecule has 2 heteroatoms. The van der Waals surface area contributed by atoms with Crippen molar-refractivity contribution in [1.29, 1.82) is 0 Å². The quantitative estimate of drug-likeness (QED) is 0.362. The van der Waals surface area contributed by atoms with Gasteiger partial charge in [-0.05, 0) is 14.1 Å². The van der Waals surface area contributed by atoms with Crippen molar-refractivity contribution in [3.63, 3.8) is 0 Å². The summed E-state index contributed by atoms with van der Waals surface area (Å²) in [5.41, 5.74) is 0. The molecule has 0 rings (SSSR count). The van der Waals surface area contributed by atoms with Gasteiger partial charge in [0, 0.05) is 20.1 Å². The van der Waals surface area contributed by atoms with Crippen LogP contribution in [-0.2, 0) is 0 Å². The maximum absolute atomic E-state index is 2.99. The Balaban J connectivity index is 3.38. The highest BCUT2D eigenvalue weighted by Gasteiger charge is 1.79. The van der Waals surface area contributed by atoms with E-state index in [9.17, 15) is 0 Å². The molecule has 0 amide bonds. The first kappa shape index (κ1) is 8.32. The largest absolute Gasteiger partial charge is 0.339 e. The van der Waals surface area contributed by atoms with Crippen LogP contribution in [0, 0.1) is 12.0 Å². The molecule has 0 aliphatic rings. The second kappa shape index (κ2) is 4.22. The molecule has 0 bridgehead atoms. The Kier molecular flexibility index (Phi) is 3.90. The molecule has 2 nitrogen and oxygen atoms in total. The molecule has 9 heavy (non-hydrogen) atoms. The Bertz CT molecular complexity index is 117. The molecular weight excluding hydrogens is 112 g/mol. The zero-order chi connectivity index (χ0) is 7.28. The van der Waals surface area contributed by atoms with Gasteiger partial charge in [0.15, 0.2) is 0 Å². The van der Waals surface area contributed by atoms with Gasteiger partial charge in [-0.15, -0.1) is 0 Å². The van der Waals surface area contributed by atoms with Gasteiger partial charge in [0.1, 0.15) is 0 Å². The molecule has 0 N–H and O–H groups in total. The lowest BCUT2D eigenvalue weighted by Crippen LogP contribution is -2.12. The first-order chi connectivity index (χ1) is 4.13. The third kappa shape index (κ3) is 7.32. The molecule has 0 aromatic rings. The van der Waals surface area contributed by atoms with Crippen molar-refractivity contribution >= 4 is 0 Å². The summed E-state index contributed by atoms with van der Waals surface area (Å²) >= 11 is 0. The van der Waals surface area contributed by atoms with Crippen LogP contribution in [0.3, 0.4) is 0 Å². The molecule has 0 aromatic carbocycles. The van der Waals surface area contributed by atoms with Gasteiger partial charge in [-0.2, -0.15) is 0 Å². The van der Waals surface area contributed by atoms with Gasteiger partial charge >= 0.3 is 0 Å². The lowest BCUT2D eigenvalue weighted by Gasteiger charge is -2.02. The molecule has 0 fully saturated rings. The Morgan fingerprint density at radius 1 is 1.11 bits per heavy atom. The van der Waals surface area contributed by atoms with Crippen LogP contribution in [-0.4, -0.2) is 44.5 Å². The lowest BCUT2D eigenvalue weighted by atomic mass is 10.6. The van der Waals surface area contributed by atoms with Crippen molar-refractivity contribution in [2.75, 3.05) is 34.7 Å². The summed E-state index contributed by atoms with van der Waals surface area (Å²) in [4.78, 5) is 3.89. The van der Waals surface area contributed by atoms with Crippen molar-refractivity contribution in [2.45, 2.75) is 0 Å². The van der Waals surface area contributed by atoms with Gasteiger partial charge in [0.25, 0.3) is 0 Å². The second-order valence-electron chi connectivity index (χ2n) is 2.42. The van der Waals surface area contributed by atoms with E-state index in [-0.39, 0.29) is 0 Å². The van der Waals surface area contributed by atoms with E-state index in [4.69, 9.17) is 0 Å². The average molecular weight is 126 g/mol. The van der Waals surface area contributed by atoms with E-state index >= 15 is 0 Å².